The zero-order valence-electron chi connectivity index (χ0n) is 11.5. The minimum absolute atomic E-state index is 0.0116. The first kappa shape index (κ1) is 15.7. The minimum atomic E-state index is -0.610. The molecule has 0 saturated carbocycles. The molecule has 6 nitrogen and oxygen atoms in total. The summed E-state index contributed by atoms with van der Waals surface area (Å²) in [7, 11) is 0. The molecule has 0 aliphatic rings. The van der Waals surface area contributed by atoms with E-state index in [1.807, 2.05) is 0 Å². The third-order valence-corrected chi connectivity index (χ3v) is 3.22. The minimum Gasteiger partial charge on any atom is -0.326 e. The number of anilines is 1. The Bertz CT molecular complexity index is 774. The van der Waals surface area contributed by atoms with Crippen molar-refractivity contribution in [3.05, 3.63) is 68.7 Å². The molecule has 7 heteroatoms. The summed E-state index contributed by atoms with van der Waals surface area (Å²) in [6, 6.07) is 10.0. The SMILES string of the molecule is CC(=O)Nc1ccc([N+](=O)[O-])cc1C(=O)c1ccccc1Cl. The number of nitrogens with zero attached hydrogens (tertiary/aromatic N) is 1. The molecule has 0 fully saturated rings. The summed E-state index contributed by atoms with van der Waals surface area (Å²) in [5.74, 6) is -0.889. The summed E-state index contributed by atoms with van der Waals surface area (Å²) >= 11 is 5.99. The maximum Gasteiger partial charge on any atom is 0.270 e. The van der Waals surface area contributed by atoms with Gasteiger partial charge in [0, 0.05) is 24.6 Å². The van der Waals surface area contributed by atoms with Crippen molar-refractivity contribution in [3.63, 3.8) is 0 Å². The smallest absolute Gasteiger partial charge is 0.270 e. The predicted octanol–water partition coefficient (Wildman–Crippen LogP) is 3.44. The maximum absolute atomic E-state index is 12.6. The molecule has 1 N–H and O–H groups in total. The molecule has 2 aromatic carbocycles. The summed E-state index contributed by atoms with van der Waals surface area (Å²) < 4.78 is 0. The van der Waals surface area contributed by atoms with Crippen LogP contribution in [0.1, 0.15) is 22.8 Å². The second-order valence-corrected chi connectivity index (χ2v) is 4.88. The predicted molar refractivity (Wildman–Crippen MR) is 82.3 cm³/mol. The lowest BCUT2D eigenvalue weighted by atomic mass is 10.0. The van der Waals surface area contributed by atoms with Gasteiger partial charge in [-0.2, -0.15) is 0 Å². The van der Waals surface area contributed by atoms with Gasteiger partial charge in [-0.15, -0.1) is 0 Å². The van der Waals surface area contributed by atoms with Crippen molar-refractivity contribution in [2.24, 2.45) is 0 Å². The quantitative estimate of drug-likeness (QED) is 0.531. The Hall–Kier alpha value is -2.73. The average Bonchev–Trinajstić information content (AvgIpc) is 2.46. The molecule has 0 heterocycles. The zero-order chi connectivity index (χ0) is 16.3. The highest BCUT2D eigenvalue weighted by atomic mass is 35.5. The van der Waals surface area contributed by atoms with Crippen molar-refractivity contribution >= 4 is 34.7 Å². The van der Waals surface area contributed by atoms with Gasteiger partial charge in [-0.3, -0.25) is 19.7 Å². The van der Waals surface area contributed by atoms with Crippen LogP contribution in [0.5, 0.6) is 0 Å². The number of benzene rings is 2. The molecule has 112 valence electrons. The van der Waals surface area contributed by atoms with Crippen LogP contribution in [0, 0.1) is 10.1 Å². The van der Waals surface area contributed by atoms with Gasteiger partial charge in [0.05, 0.1) is 21.2 Å². The van der Waals surface area contributed by atoms with Gasteiger partial charge in [0.1, 0.15) is 0 Å². The van der Waals surface area contributed by atoms with Crippen LogP contribution in [-0.2, 0) is 4.79 Å². The van der Waals surface area contributed by atoms with Crippen molar-refractivity contribution in [2.45, 2.75) is 6.92 Å². The second-order valence-electron chi connectivity index (χ2n) is 4.48. The third-order valence-electron chi connectivity index (χ3n) is 2.89. The van der Waals surface area contributed by atoms with Gasteiger partial charge < -0.3 is 5.32 Å². The number of carbonyl (C=O) groups is 2. The number of nitro groups is 1. The number of nitrogens with one attached hydrogen (secondary N) is 1. The number of hydrogen-bond donors (Lipinski definition) is 1. The molecule has 2 rings (SSSR count). The van der Waals surface area contributed by atoms with Crippen LogP contribution < -0.4 is 5.32 Å². The van der Waals surface area contributed by atoms with Gasteiger partial charge in [0.15, 0.2) is 5.78 Å². The summed E-state index contributed by atoms with van der Waals surface area (Å²) in [5.41, 5.74) is 0.168. The molecule has 2 aromatic rings. The number of amides is 1. The summed E-state index contributed by atoms with van der Waals surface area (Å²) in [5, 5.41) is 13.6. The molecule has 1 amide bonds. The largest absolute Gasteiger partial charge is 0.326 e. The Morgan fingerprint density at radius 2 is 1.82 bits per heavy atom. The number of rotatable bonds is 4. The molecule has 0 bridgehead atoms. The Labute approximate surface area is 130 Å². The van der Waals surface area contributed by atoms with E-state index in [0.717, 1.165) is 6.07 Å². The lowest BCUT2D eigenvalue weighted by Crippen LogP contribution is -2.12. The van der Waals surface area contributed by atoms with Crippen LogP contribution in [0.25, 0.3) is 0 Å². The molecule has 0 saturated heterocycles. The highest BCUT2D eigenvalue weighted by Gasteiger charge is 2.20. The molecule has 22 heavy (non-hydrogen) atoms. The van der Waals surface area contributed by atoms with E-state index < -0.39 is 10.7 Å². The Morgan fingerprint density at radius 3 is 2.41 bits per heavy atom. The molecule has 0 atom stereocenters. The molecule has 0 aliphatic carbocycles. The highest BCUT2D eigenvalue weighted by molar-refractivity contribution is 6.35. The fourth-order valence-electron chi connectivity index (χ4n) is 1.92. The van der Waals surface area contributed by atoms with Gasteiger partial charge in [-0.05, 0) is 18.2 Å². The van der Waals surface area contributed by atoms with E-state index in [9.17, 15) is 19.7 Å². The van der Waals surface area contributed by atoms with Crippen LogP contribution >= 0.6 is 11.6 Å². The van der Waals surface area contributed by atoms with Crippen molar-refractivity contribution in [1.82, 2.24) is 0 Å². The van der Waals surface area contributed by atoms with Gasteiger partial charge in [-0.25, -0.2) is 0 Å². The first-order valence-electron chi connectivity index (χ1n) is 6.25. The van der Waals surface area contributed by atoms with Gasteiger partial charge in [0.2, 0.25) is 5.91 Å². The molecule has 0 aromatic heterocycles. The van der Waals surface area contributed by atoms with E-state index in [0.29, 0.717) is 0 Å². The Balaban J connectivity index is 2.57. The fourth-order valence-corrected chi connectivity index (χ4v) is 2.14. The number of nitro benzene ring substituents is 1. The van der Waals surface area contributed by atoms with Crippen LogP contribution in [0.4, 0.5) is 11.4 Å². The highest BCUT2D eigenvalue weighted by Crippen LogP contribution is 2.27. The monoisotopic (exact) mass is 318 g/mol. The van der Waals surface area contributed by atoms with E-state index in [1.54, 1.807) is 18.2 Å². The fraction of sp³-hybridized carbons (Fsp3) is 0.0667. The van der Waals surface area contributed by atoms with Crippen LogP contribution in [0.2, 0.25) is 5.02 Å². The van der Waals surface area contributed by atoms with E-state index in [4.69, 9.17) is 11.6 Å². The maximum atomic E-state index is 12.6. The van der Waals surface area contributed by atoms with Crippen LogP contribution in [0.15, 0.2) is 42.5 Å². The first-order chi connectivity index (χ1) is 10.4. The van der Waals surface area contributed by atoms with Crippen molar-refractivity contribution in [1.29, 1.82) is 0 Å². The topological polar surface area (TPSA) is 89.3 Å². The second kappa shape index (κ2) is 6.36. The average molecular weight is 319 g/mol. The summed E-state index contributed by atoms with van der Waals surface area (Å²) in [4.78, 5) is 34.1. The van der Waals surface area contributed by atoms with E-state index in [1.165, 1.54) is 25.1 Å². The zero-order valence-corrected chi connectivity index (χ0v) is 12.3. The number of carbonyl (C=O) groups excluding carboxylic acids is 2. The van der Waals surface area contributed by atoms with E-state index in [-0.39, 0.29) is 33.4 Å². The van der Waals surface area contributed by atoms with Gasteiger partial charge in [0.25, 0.3) is 5.69 Å². The third kappa shape index (κ3) is 3.29. The first-order valence-corrected chi connectivity index (χ1v) is 6.63. The lowest BCUT2D eigenvalue weighted by molar-refractivity contribution is -0.384. The molecule has 0 unspecified atom stereocenters. The number of halogens is 1. The van der Waals surface area contributed by atoms with Gasteiger partial charge >= 0.3 is 0 Å². The normalized spacial score (nSPS) is 10.1. The van der Waals surface area contributed by atoms with Crippen molar-refractivity contribution < 1.29 is 14.5 Å². The molecular weight excluding hydrogens is 308 g/mol. The standard InChI is InChI=1S/C15H11ClN2O4/c1-9(19)17-14-7-6-10(18(21)22)8-12(14)15(20)11-4-2-3-5-13(11)16/h2-8H,1H3,(H,17,19). The van der Waals surface area contributed by atoms with Gasteiger partial charge in [-0.1, -0.05) is 23.7 Å². The number of non-ortho nitro benzene ring substituents is 1. The van der Waals surface area contributed by atoms with Crippen LogP contribution in [0.3, 0.4) is 0 Å². The summed E-state index contributed by atoms with van der Waals surface area (Å²) in [6.07, 6.45) is 0. The number of ketones is 1. The van der Waals surface area contributed by atoms with Crippen LogP contribution in [-0.4, -0.2) is 16.6 Å². The van der Waals surface area contributed by atoms with E-state index in [2.05, 4.69) is 5.32 Å². The molecule has 0 aliphatic heterocycles. The lowest BCUT2D eigenvalue weighted by Gasteiger charge is -2.10. The molecular formula is C15H11ClN2O4. The van der Waals surface area contributed by atoms with E-state index >= 15 is 0 Å². The molecule has 0 spiro atoms. The van der Waals surface area contributed by atoms with Crippen molar-refractivity contribution in [3.8, 4) is 0 Å². The van der Waals surface area contributed by atoms with Crippen molar-refractivity contribution in [2.75, 3.05) is 5.32 Å². The Morgan fingerprint density at radius 1 is 1.14 bits per heavy atom. The Kier molecular flexibility index (Phi) is 4.53. The summed E-state index contributed by atoms with van der Waals surface area (Å²) in [6.45, 7) is 1.28. The molecule has 0 radical (unpaired) electrons. The number of hydrogen-bond acceptors (Lipinski definition) is 4.